The summed E-state index contributed by atoms with van der Waals surface area (Å²) in [6.45, 7) is 5.57. The van der Waals surface area contributed by atoms with Crippen LogP contribution in [-0.4, -0.2) is 15.8 Å². The summed E-state index contributed by atoms with van der Waals surface area (Å²) in [5.41, 5.74) is 4.20. The number of hydrogen-bond donors (Lipinski definition) is 0. The number of Topliss-reactive ketones (excluding diaryl/α,β-unsaturated/α-hetero) is 1. The molecule has 86 valence electrons. The van der Waals surface area contributed by atoms with Crippen LogP contribution in [0.1, 0.15) is 28.7 Å². The number of carbonyl (C=O) groups is 1. The van der Waals surface area contributed by atoms with Crippen LogP contribution in [0.4, 0.5) is 0 Å². The fraction of sp³-hybridized carbons (Fsp3) is 0.214. The lowest BCUT2D eigenvalue weighted by Crippen LogP contribution is -2.01. The van der Waals surface area contributed by atoms with Gasteiger partial charge in [-0.15, -0.1) is 0 Å². The minimum Gasteiger partial charge on any atom is -0.291 e. The van der Waals surface area contributed by atoms with Gasteiger partial charge in [-0.05, 0) is 25.5 Å². The summed E-state index contributed by atoms with van der Waals surface area (Å²) >= 11 is 0. The summed E-state index contributed by atoms with van der Waals surface area (Å²) in [4.78, 5) is 19.5. The first-order chi connectivity index (χ1) is 8.08. The fourth-order valence-corrected chi connectivity index (χ4v) is 1.78. The Morgan fingerprint density at radius 3 is 2.59 bits per heavy atom. The van der Waals surface area contributed by atoms with E-state index in [4.69, 9.17) is 0 Å². The Morgan fingerprint density at radius 2 is 1.94 bits per heavy atom. The van der Waals surface area contributed by atoms with Gasteiger partial charge in [0, 0.05) is 18.7 Å². The first-order valence-electron chi connectivity index (χ1n) is 5.49. The van der Waals surface area contributed by atoms with Gasteiger partial charge >= 0.3 is 0 Å². The molecule has 0 aliphatic rings. The number of ketones is 1. The van der Waals surface area contributed by atoms with Gasteiger partial charge in [0.15, 0.2) is 11.6 Å². The average Bonchev–Trinajstić information content (AvgIpc) is 2.29. The van der Waals surface area contributed by atoms with Gasteiger partial charge in [-0.2, -0.15) is 0 Å². The van der Waals surface area contributed by atoms with Crippen molar-refractivity contribution in [3.8, 4) is 11.3 Å². The lowest BCUT2D eigenvalue weighted by atomic mass is 10.0. The highest BCUT2D eigenvalue weighted by Crippen LogP contribution is 2.22. The topological polar surface area (TPSA) is 42.9 Å². The van der Waals surface area contributed by atoms with Crippen LogP contribution in [0.25, 0.3) is 11.3 Å². The molecule has 3 nitrogen and oxygen atoms in total. The number of nitrogens with zero attached hydrogens (tertiary/aromatic N) is 2. The minimum atomic E-state index is -0.114. The summed E-state index contributed by atoms with van der Waals surface area (Å²) in [6, 6.07) is 7.99. The van der Waals surface area contributed by atoms with E-state index in [2.05, 4.69) is 23.0 Å². The highest BCUT2D eigenvalue weighted by molar-refractivity contribution is 5.90. The molecule has 0 spiro atoms. The molecule has 3 heteroatoms. The molecule has 2 aromatic rings. The van der Waals surface area contributed by atoms with Crippen LogP contribution in [0.3, 0.4) is 0 Å². The fourth-order valence-electron chi connectivity index (χ4n) is 1.78. The predicted molar refractivity (Wildman–Crippen MR) is 66.9 cm³/mol. The predicted octanol–water partition coefficient (Wildman–Crippen LogP) is 2.96. The molecule has 17 heavy (non-hydrogen) atoms. The Kier molecular flexibility index (Phi) is 3.00. The van der Waals surface area contributed by atoms with Crippen molar-refractivity contribution < 1.29 is 4.79 Å². The molecular formula is C14H14N2O. The summed E-state index contributed by atoms with van der Waals surface area (Å²) in [6.07, 6.45) is 1.62. The SMILES string of the molecule is CC(=O)c1nccc(-c2ccc(C)cc2C)n1. The summed E-state index contributed by atoms with van der Waals surface area (Å²) in [5, 5.41) is 0. The second-order valence-corrected chi connectivity index (χ2v) is 4.14. The molecule has 0 aliphatic heterocycles. The molecule has 0 fully saturated rings. The van der Waals surface area contributed by atoms with Crippen molar-refractivity contribution in [3.05, 3.63) is 47.4 Å². The van der Waals surface area contributed by atoms with Crippen LogP contribution in [0.15, 0.2) is 30.5 Å². The van der Waals surface area contributed by atoms with Gasteiger partial charge < -0.3 is 0 Å². The largest absolute Gasteiger partial charge is 0.291 e. The Hall–Kier alpha value is -2.03. The summed E-state index contributed by atoms with van der Waals surface area (Å²) < 4.78 is 0. The van der Waals surface area contributed by atoms with Crippen molar-refractivity contribution in [3.63, 3.8) is 0 Å². The maximum absolute atomic E-state index is 11.2. The van der Waals surface area contributed by atoms with Crippen LogP contribution in [0.5, 0.6) is 0 Å². The molecule has 0 radical (unpaired) electrons. The zero-order valence-electron chi connectivity index (χ0n) is 10.2. The lowest BCUT2D eigenvalue weighted by molar-refractivity contribution is 0.100. The molecule has 0 bridgehead atoms. The number of aromatic nitrogens is 2. The Morgan fingerprint density at radius 1 is 1.18 bits per heavy atom. The third kappa shape index (κ3) is 2.38. The number of carbonyl (C=O) groups excluding carboxylic acids is 1. The lowest BCUT2D eigenvalue weighted by Gasteiger charge is -2.06. The second-order valence-electron chi connectivity index (χ2n) is 4.14. The average molecular weight is 226 g/mol. The van der Waals surface area contributed by atoms with Gasteiger partial charge in [-0.1, -0.05) is 23.8 Å². The molecule has 0 atom stereocenters. The highest BCUT2D eigenvalue weighted by atomic mass is 16.1. The van der Waals surface area contributed by atoms with E-state index in [1.54, 1.807) is 6.20 Å². The van der Waals surface area contributed by atoms with E-state index < -0.39 is 0 Å². The summed E-state index contributed by atoms with van der Waals surface area (Å²) in [7, 11) is 0. The first-order valence-corrected chi connectivity index (χ1v) is 5.49. The molecule has 2 rings (SSSR count). The third-order valence-electron chi connectivity index (χ3n) is 2.63. The Balaban J connectivity index is 2.53. The molecule has 0 saturated heterocycles. The molecule has 1 aromatic heterocycles. The first kappa shape index (κ1) is 11.5. The quantitative estimate of drug-likeness (QED) is 0.739. The van der Waals surface area contributed by atoms with Gasteiger partial charge in [0.05, 0.1) is 5.69 Å². The van der Waals surface area contributed by atoms with Gasteiger partial charge in [-0.3, -0.25) is 4.79 Å². The van der Waals surface area contributed by atoms with E-state index in [9.17, 15) is 4.79 Å². The van der Waals surface area contributed by atoms with Crippen molar-refractivity contribution in [1.29, 1.82) is 0 Å². The summed E-state index contributed by atoms with van der Waals surface area (Å²) in [5.74, 6) is 0.152. The van der Waals surface area contributed by atoms with E-state index in [0.717, 1.165) is 16.8 Å². The maximum atomic E-state index is 11.2. The second kappa shape index (κ2) is 4.45. The molecule has 0 saturated carbocycles. The standard InChI is InChI=1S/C14H14N2O/c1-9-4-5-12(10(2)8-9)13-6-7-15-14(16-13)11(3)17/h4-8H,1-3H3. The van der Waals surface area contributed by atoms with Gasteiger partial charge in [0.1, 0.15) is 0 Å². The molecular weight excluding hydrogens is 212 g/mol. The zero-order chi connectivity index (χ0) is 12.4. The maximum Gasteiger partial charge on any atom is 0.196 e. The third-order valence-corrected chi connectivity index (χ3v) is 2.63. The van der Waals surface area contributed by atoms with Gasteiger partial charge in [-0.25, -0.2) is 9.97 Å². The molecule has 1 aromatic carbocycles. The zero-order valence-corrected chi connectivity index (χ0v) is 10.2. The Labute approximate surface area is 101 Å². The Bertz CT molecular complexity index is 576. The van der Waals surface area contributed by atoms with Crippen molar-refractivity contribution in [2.75, 3.05) is 0 Å². The van der Waals surface area contributed by atoms with Crippen LogP contribution in [0, 0.1) is 13.8 Å². The van der Waals surface area contributed by atoms with E-state index in [-0.39, 0.29) is 11.6 Å². The van der Waals surface area contributed by atoms with Crippen LogP contribution < -0.4 is 0 Å². The number of aryl methyl sites for hydroxylation is 2. The van der Waals surface area contributed by atoms with Crippen molar-refractivity contribution in [2.24, 2.45) is 0 Å². The number of rotatable bonds is 2. The molecule has 1 heterocycles. The van der Waals surface area contributed by atoms with Crippen molar-refractivity contribution in [1.82, 2.24) is 9.97 Å². The van der Waals surface area contributed by atoms with E-state index in [1.165, 1.54) is 12.5 Å². The van der Waals surface area contributed by atoms with Crippen LogP contribution in [0.2, 0.25) is 0 Å². The van der Waals surface area contributed by atoms with E-state index >= 15 is 0 Å². The number of benzene rings is 1. The smallest absolute Gasteiger partial charge is 0.196 e. The van der Waals surface area contributed by atoms with Gasteiger partial charge in [0.25, 0.3) is 0 Å². The van der Waals surface area contributed by atoms with E-state index in [1.807, 2.05) is 25.1 Å². The van der Waals surface area contributed by atoms with Crippen molar-refractivity contribution >= 4 is 5.78 Å². The molecule has 0 aliphatic carbocycles. The molecule has 0 unspecified atom stereocenters. The highest BCUT2D eigenvalue weighted by Gasteiger charge is 2.07. The molecule has 0 N–H and O–H groups in total. The van der Waals surface area contributed by atoms with Crippen LogP contribution >= 0.6 is 0 Å². The van der Waals surface area contributed by atoms with Gasteiger partial charge in [0.2, 0.25) is 0 Å². The van der Waals surface area contributed by atoms with Crippen molar-refractivity contribution in [2.45, 2.75) is 20.8 Å². The monoisotopic (exact) mass is 226 g/mol. The van der Waals surface area contributed by atoms with Crippen LogP contribution in [-0.2, 0) is 0 Å². The molecule has 0 amide bonds. The van der Waals surface area contributed by atoms with E-state index in [0.29, 0.717) is 0 Å². The number of hydrogen-bond acceptors (Lipinski definition) is 3. The normalized spacial score (nSPS) is 10.3. The minimum absolute atomic E-state index is 0.114.